The van der Waals surface area contributed by atoms with Gasteiger partial charge in [-0.1, -0.05) is 13.3 Å². The van der Waals surface area contributed by atoms with Crippen molar-refractivity contribution < 1.29 is 9.53 Å². The average Bonchev–Trinajstić information content (AvgIpc) is 2.47. The molecule has 0 unspecified atom stereocenters. The number of nitrogens with zero attached hydrogens (tertiary/aromatic N) is 3. The number of piperidine rings is 1. The fourth-order valence-electron chi connectivity index (χ4n) is 2.26. The largest absolute Gasteiger partial charge is 0.464 e. The molecule has 1 aliphatic heterocycles. The first-order valence-electron chi connectivity index (χ1n) is 6.40. The van der Waals surface area contributed by atoms with E-state index in [-0.39, 0.29) is 5.69 Å². The third kappa shape index (κ3) is 2.78. The average molecular weight is 249 g/mol. The van der Waals surface area contributed by atoms with Gasteiger partial charge in [-0.2, -0.15) is 0 Å². The van der Waals surface area contributed by atoms with Gasteiger partial charge in [0.15, 0.2) is 5.69 Å². The van der Waals surface area contributed by atoms with Gasteiger partial charge in [-0.15, -0.1) is 0 Å². The predicted molar refractivity (Wildman–Crippen MR) is 68.6 cm³/mol. The Morgan fingerprint density at radius 2 is 2.11 bits per heavy atom. The van der Waals surface area contributed by atoms with E-state index < -0.39 is 5.97 Å². The van der Waals surface area contributed by atoms with Gasteiger partial charge < -0.3 is 9.64 Å². The number of carbonyl (C=O) groups excluding carboxylic acids is 1. The van der Waals surface area contributed by atoms with Gasteiger partial charge in [0.2, 0.25) is 0 Å². The van der Waals surface area contributed by atoms with Crippen molar-refractivity contribution >= 4 is 11.8 Å². The van der Waals surface area contributed by atoms with E-state index >= 15 is 0 Å². The van der Waals surface area contributed by atoms with E-state index in [4.69, 9.17) is 0 Å². The molecule has 0 N–H and O–H groups in total. The predicted octanol–water partition coefficient (Wildman–Crippen LogP) is 1.89. The molecule has 0 spiro atoms. The summed E-state index contributed by atoms with van der Waals surface area (Å²) in [5.41, 5.74) is 0.254. The topological polar surface area (TPSA) is 55.3 Å². The van der Waals surface area contributed by atoms with Gasteiger partial charge in [-0.05, 0) is 18.8 Å². The summed E-state index contributed by atoms with van der Waals surface area (Å²) in [7, 11) is 1.34. The summed E-state index contributed by atoms with van der Waals surface area (Å²) < 4.78 is 4.60. The molecule has 0 bridgehead atoms. The van der Waals surface area contributed by atoms with Crippen LogP contribution in [-0.4, -0.2) is 36.1 Å². The van der Waals surface area contributed by atoms with Crippen LogP contribution in [0.5, 0.6) is 0 Å². The smallest absolute Gasteiger partial charge is 0.358 e. The van der Waals surface area contributed by atoms with Crippen LogP contribution in [0.4, 0.5) is 5.82 Å². The highest BCUT2D eigenvalue weighted by atomic mass is 16.5. The summed E-state index contributed by atoms with van der Waals surface area (Å²) in [5.74, 6) is 1.24. The molecule has 2 rings (SSSR count). The molecular formula is C13H19N3O2. The number of rotatable bonds is 3. The Labute approximate surface area is 107 Å². The molecule has 0 aromatic carbocycles. The van der Waals surface area contributed by atoms with Crippen LogP contribution in [0.25, 0.3) is 0 Å². The lowest BCUT2D eigenvalue weighted by molar-refractivity contribution is 0.0593. The van der Waals surface area contributed by atoms with E-state index in [0.29, 0.717) is 0 Å². The molecule has 0 saturated carbocycles. The quantitative estimate of drug-likeness (QED) is 0.766. The van der Waals surface area contributed by atoms with Crippen molar-refractivity contribution in [3.63, 3.8) is 0 Å². The summed E-state index contributed by atoms with van der Waals surface area (Å²) in [6.07, 6.45) is 6.79. The summed E-state index contributed by atoms with van der Waals surface area (Å²) in [6.45, 7) is 4.28. The molecular weight excluding hydrogens is 230 g/mol. The minimum Gasteiger partial charge on any atom is -0.464 e. The van der Waals surface area contributed by atoms with E-state index in [9.17, 15) is 4.79 Å². The molecule has 18 heavy (non-hydrogen) atoms. The summed E-state index contributed by atoms with van der Waals surface area (Å²) in [6, 6.07) is 0. The third-order valence-electron chi connectivity index (χ3n) is 3.55. The van der Waals surface area contributed by atoms with E-state index in [1.54, 1.807) is 6.20 Å². The zero-order chi connectivity index (χ0) is 13.0. The van der Waals surface area contributed by atoms with Gasteiger partial charge in [0, 0.05) is 13.1 Å². The Morgan fingerprint density at radius 1 is 1.39 bits per heavy atom. The first kappa shape index (κ1) is 12.8. The molecule has 1 saturated heterocycles. The van der Waals surface area contributed by atoms with Crippen molar-refractivity contribution in [2.75, 3.05) is 25.1 Å². The Balaban J connectivity index is 2.00. The Kier molecular flexibility index (Phi) is 4.12. The summed E-state index contributed by atoms with van der Waals surface area (Å²) in [5, 5.41) is 0. The second-order valence-electron chi connectivity index (χ2n) is 4.59. The Morgan fingerprint density at radius 3 is 2.61 bits per heavy atom. The lowest BCUT2D eigenvalue weighted by atomic mass is 9.94. The maximum atomic E-state index is 11.2. The second kappa shape index (κ2) is 5.80. The molecule has 1 fully saturated rings. The maximum Gasteiger partial charge on any atom is 0.358 e. The molecule has 0 atom stereocenters. The van der Waals surface area contributed by atoms with Crippen molar-refractivity contribution in [2.24, 2.45) is 5.92 Å². The van der Waals surface area contributed by atoms with Gasteiger partial charge in [0.25, 0.3) is 0 Å². The summed E-state index contributed by atoms with van der Waals surface area (Å²) >= 11 is 0. The SMILES string of the molecule is CCC1CCN(c2cnc(C(=O)OC)cn2)CC1. The maximum absolute atomic E-state index is 11.2. The molecule has 1 aromatic heterocycles. The molecule has 98 valence electrons. The van der Waals surface area contributed by atoms with Crippen molar-refractivity contribution in [3.8, 4) is 0 Å². The number of hydrogen-bond donors (Lipinski definition) is 0. The number of anilines is 1. The van der Waals surface area contributed by atoms with Crippen LogP contribution in [0.1, 0.15) is 36.7 Å². The van der Waals surface area contributed by atoms with Crippen molar-refractivity contribution in [1.82, 2.24) is 9.97 Å². The van der Waals surface area contributed by atoms with Gasteiger partial charge in [-0.25, -0.2) is 14.8 Å². The van der Waals surface area contributed by atoms with E-state index in [1.165, 1.54) is 32.6 Å². The molecule has 0 amide bonds. The Bertz CT molecular complexity index is 397. The standard InChI is InChI=1S/C13H19N3O2/c1-3-10-4-6-16(7-5-10)12-9-14-11(8-15-12)13(17)18-2/h8-10H,3-7H2,1-2H3. The normalized spacial score (nSPS) is 16.7. The third-order valence-corrected chi connectivity index (χ3v) is 3.55. The number of hydrogen-bond acceptors (Lipinski definition) is 5. The highest BCUT2D eigenvalue weighted by Gasteiger charge is 2.19. The first-order chi connectivity index (χ1) is 8.74. The van der Waals surface area contributed by atoms with Crippen LogP contribution in [0.15, 0.2) is 12.4 Å². The minimum atomic E-state index is -0.446. The highest BCUT2D eigenvalue weighted by molar-refractivity contribution is 5.86. The van der Waals surface area contributed by atoms with Crippen molar-refractivity contribution in [3.05, 3.63) is 18.1 Å². The van der Waals surface area contributed by atoms with Crippen molar-refractivity contribution in [2.45, 2.75) is 26.2 Å². The number of methoxy groups -OCH3 is 1. The van der Waals surface area contributed by atoms with Crippen LogP contribution < -0.4 is 4.90 Å². The van der Waals surface area contributed by atoms with Crippen LogP contribution >= 0.6 is 0 Å². The molecule has 5 heteroatoms. The molecule has 1 aliphatic rings. The molecule has 2 heterocycles. The lowest BCUT2D eigenvalue weighted by Gasteiger charge is -2.32. The highest BCUT2D eigenvalue weighted by Crippen LogP contribution is 2.23. The van der Waals surface area contributed by atoms with Crippen LogP contribution in [-0.2, 0) is 4.74 Å². The number of carbonyl (C=O) groups is 1. The first-order valence-corrected chi connectivity index (χ1v) is 6.40. The van der Waals surface area contributed by atoms with Crippen LogP contribution in [0.3, 0.4) is 0 Å². The number of ether oxygens (including phenoxy) is 1. The fraction of sp³-hybridized carbons (Fsp3) is 0.615. The van der Waals surface area contributed by atoms with Gasteiger partial charge in [-0.3, -0.25) is 0 Å². The summed E-state index contributed by atoms with van der Waals surface area (Å²) in [4.78, 5) is 21.8. The van der Waals surface area contributed by atoms with E-state index in [2.05, 4.69) is 26.5 Å². The van der Waals surface area contributed by atoms with Gasteiger partial charge in [0.1, 0.15) is 5.82 Å². The lowest BCUT2D eigenvalue weighted by Crippen LogP contribution is -2.34. The molecule has 0 aliphatic carbocycles. The number of esters is 1. The zero-order valence-corrected chi connectivity index (χ0v) is 10.9. The Hall–Kier alpha value is -1.65. The van der Waals surface area contributed by atoms with Crippen LogP contribution in [0, 0.1) is 5.92 Å². The molecule has 5 nitrogen and oxygen atoms in total. The minimum absolute atomic E-state index is 0.254. The zero-order valence-electron chi connectivity index (χ0n) is 10.9. The van der Waals surface area contributed by atoms with Gasteiger partial charge >= 0.3 is 5.97 Å². The van der Waals surface area contributed by atoms with E-state index in [0.717, 1.165) is 24.8 Å². The fourth-order valence-corrected chi connectivity index (χ4v) is 2.26. The van der Waals surface area contributed by atoms with Crippen molar-refractivity contribution in [1.29, 1.82) is 0 Å². The molecule has 0 radical (unpaired) electrons. The number of aromatic nitrogens is 2. The van der Waals surface area contributed by atoms with Gasteiger partial charge in [0.05, 0.1) is 19.5 Å². The molecule has 1 aromatic rings. The van der Waals surface area contributed by atoms with Crippen LogP contribution in [0.2, 0.25) is 0 Å². The monoisotopic (exact) mass is 249 g/mol. The van der Waals surface area contributed by atoms with E-state index in [1.807, 2.05) is 0 Å². The second-order valence-corrected chi connectivity index (χ2v) is 4.59.